The summed E-state index contributed by atoms with van der Waals surface area (Å²) in [6, 6.07) is 6.87. The monoisotopic (exact) mass is 378 g/mol. The van der Waals surface area contributed by atoms with Gasteiger partial charge in [0.15, 0.2) is 0 Å². The zero-order valence-corrected chi connectivity index (χ0v) is 15.8. The number of rotatable bonds is 7. The van der Waals surface area contributed by atoms with Gasteiger partial charge in [0.1, 0.15) is 21.4 Å². The minimum Gasteiger partial charge on any atom is -0.493 e. The van der Waals surface area contributed by atoms with Gasteiger partial charge in [0.05, 0.1) is 19.0 Å². The minimum absolute atomic E-state index is 0.114. The number of ether oxygens (including phenoxy) is 1. The minimum atomic E-state index is -2.98. The molecule has 2 aromatic rings. The zero-order valence-electron chi connectivity index (χ0n) is 15.0. The van der Waals surface area contributed by atoms with Crippen LogP contribution in [0, 0.1) is 12.7 Å². The molecule has 0 fully saturated rings. The molecular weight excluding hydrogens is 355 g/mol. The van der Waals surface area contributed by atoms with Crippen molar-refractivity contribution in [2.75, 3.05) is 18.6 Å². The molecule has 0 spiro atoms. The smallest absolute Gasteiger partial charge is 0.147 e. The molecule has 0 radical (unpaired) electrons. The summed E-state index contributed by atoms with van der Waals surface area (Å²) in [5, 5.41) is 9.14. The van der Waals surface area contributed by atoms with E-state index in [1.54, 1.807) is 6.07 Å². The van der Waals surface area contributed by atoms with Crippen molar-refractivity contribution in [3.8, 4) is 16.9 Å². The van der Waals surface area contributed by atoms with Crippen molar-refractivity contribution in [1.82, 2.24) is 0 Å². The van der Waals surface area contributed by atoms with Gasteiger partial charge in [-0.3, -0.25) is 0 Å². The van der Waals surface area contributed by atoms with Crippen LogP contribution in [-0.2, 0) is 29.3 Å². The van der Waals surface area contributed by atoms with E-state index in [9.17, 15) is 12.8 Å². The van der Waals surface area contributed by atoms with E-state index in [2.05, 4.69) is 0 Å². The Morgan fingerprint density at radius 3 is 2.50 bits per heavy atom. The zero-order chi connectivity index (χ0) is 18.9. The quantitative estimate of drug-likeness (QED) is 0.752. The van der Waals surface area contributed by atoms with Crippen LogP contribution in [0.3, 0.4) is 0 Å². The lowest BCUT2D eigenvalue weighted by Crippen LogP contribution is -2.15. The average molecular weight is 378 g/mol. The second-order valence-electron chi connectivity index (χ2n) is 6.82. The number of aliphatic hydroxyl groups excluding tert-OH is 1. The summed E-state index contributed by atoms with van der Waals surface area (Å²) < 4.78 is 42.3. The third-order valence-corrected chi connectivity index (χ3v) is 5.79. The Morgan fingerprint density at radius 1 is 1.19 bits per heavy atom. The Labute approximate surface area is 153 Å². The number of hydrogen-bond acceptors (Lipinski definition) is 4. The van der Waals surface area contributed by atoms with E-state index < -0.39 is 15.7 Å². The number of benzene rings is 2. The van der Waals surface area contributed by atoms with E-state index in [0.717, 1.165) is 40.8 Å². The highest BCUT2D eigenvalue weighted by Gasteiger charge is 2.25. The van der Waals surface area contributed by atoms with Gasteiger partial charge in [-0.2, -0.15) is 0 Å². The molecule has 2 aromatic carbocycles. The molecule has 0 unspecified atom stereocenters. The molecule has 3 rings (SSSR count). The summed E-state index contributed by atoms with van der Waals surface area (Å²) in [4.78, 5) is 0. The largest absolute Gasteiger partial charge is 0.493 e. The van der Waals surface area contributed by atoms with Crippen molar-refractivity contribution in [2.24, 2.45) is 0 Å². The molecule has 0 atom stereocenters. The van der Waals surface area contributed by atoms with Crippen LogP contribution in [0.1, 0.15) is 28.7 Å². The second kappa shape index (κ2) is 7.37. The first kappa shape index (κ1) is 18.9. The number of aliphatic hydroxyl groups is 1. The molecule has 0 saturated heterocycles. The molecule has 0 bridgehead atoms. The lowest BCUT2D eigenvalue weighted by molar-refractivity contribution is 0.276. The number of fused-ring (bicyclic) bond motifs is 1. The van der Waals surface area contributed by atoms with Gasteiger partial charge in [-0.1, -0.05) is 12.1 Å². The fraction of sp³-hybridized carbons (Fsp3) is 0.400. The summed E-state index contributed by atoms with van der Waals surface area (Å²) in [7, 11) is -2.98. The van der Waals surface area contributed by atoms with Crippen LogP contribution in [0.15, 0.2) is 24.3 Å². The van der Waals surface area contributed by atoms with E-state index >= 15 is 0 Å². The van der Waals surface area contributed by atoms with E-state index in [-0.39, 0.29) is 17.9 Å². The topological polar surface area (TPSA) is 63.6 Å². The summed E-state index contributed by atoms with van der Waals surface area (Å²) in [6.07, 6.45) is 3.50. The molecule has 140 valence electrons. The lowest BCUT2D eigenvalue weighted by atomic mass is 9.79. The maximum atomic E-state index is 14.1. The highest BCUT2D eigenvalue weighted by Crippen LogP contribution is 2.42. The summed E-state index contributed by atoms with van der Waals surface area (Å²) >= 11 is 0. The van der Waals surface area contributed by atoms with Crippen molar-refractivity contribution in [1.29, 1.82) is 0 Å². The van der Waals surface area contributed by atoms with Gasteiger partial charge in [0.25, 0.3) is 0 Å². The second-order valence-corrected chi connectivity index (χ2v) is 9.08. The van der Waals surface area contributed by atoms with E-state index in [0.29, 0.717) is 13.0 Å². The molecule has 0 heterocycles. The summed E-state index contributed by atoms with van der Waals surface area (Å²) in [6.45, 7) is 2.01. The van der Waals surface area contributed by atoms with Crippen LogP contribution in [-0.4, -0.2) is 32.1 Å². The van der Waals surface area contributed by atoms with Gasteiger partial charge in [0.2, 0.25) is 0 Å². The van der Waals surface area contributed by atoms with Crippen molar-refractivity contribution >= 4 is 9.84 Å². The molecule has 1 aliphatic carbocycles. The highest BCUT2D eigenvalue weighted by atomic mass is 32.2. The molecule has 0 amide bonds. The first-order valence-electron chi connectivity index (χ1n) is 8.65. The van der Waals surface area contributed by atoms with Gasteiger partial charge in [-0.05, 0) is 66.1 Å². The fourth-order valence-corrected chi connectivity index (χ4v) is 4.02. The summed E-state index contributed by atoms with van der Waals surface area (Å²) in [5.74, 6) is 0.509. The predicted molar refractivity (Wildman–Crippen MR) is 99.7 cm³/mol. The molecule has 0 aliphatic heterocycles. The average Bonchev–Trinajstić information content (AvgIpc) is 2.53. The SMILES string of the molecule is Cc1cc(OCCCS(C)(=O)=O)c2c(c1-c1ccc(CO)c(F)c1)CC2. The van der Waals surface area contributed by atoms with E-state index in [4.69, 9.17) is 9.84 Å². The maximum Gasteiger partial charge on any atom is 0.147 e. The van der Waals surface area contributed by atoms with Gasteiger partial charge < -0.3 is 9.84 Å². The number of aryl methyl sites for hydroxylation is 1. The standard InChI is InChI=1S/C20H23FO4S/c1-13-10-19(25-8-3-9-26(2,23)24)16-6-7-17(16)20(13)14-4-5-15(12-22)18(21)11-14/h4-5,10-11,22H,3,6-9,12H2,1-2H3. The van der Waals surface area contributed by atoms with Crippen LogP contribution >= 0.6 is 0 Å². The van der Waals surface area contributed by atoms with Gasteiger partial charge in [0, 0.05) is 11.8 Å². The molecular formula is C20H23FO4S. The van der Waals surface area contributed by atoms with Gasteiger partial charge >= 0.3 is 0 Å². The van der Waals surface area contributed by atoms with Crippen LogP contribution in [0.5, 0.6) is 5.75 Å². The molecule has 26 heavy (non-hydrogen) atoms. The molecule has 4 nitrogen and oxygen atoms in total. The Kier molecular flexibility index (Phi) is 5.34. The predicted octanol–water partition coefficient (Wildman–Crippen LogP) is 3.21. The van der Waals surface area contributed by atoms with Crippen LogP contribution < -0.4 is 4.74 Å². The van der Waals surface area contributed by atoms with Crippen LogP contribution in [0.4, 0.5) is 4.39 Å². The number of halogens is 1. The third-order valence-electron chi connectivity index (χ3n) is 4.76. The highest BCUT2D eigenvalue weighted by molar-refractivity contribution is 7.90. The normalized spacial score (nSPS) is 13.2. The van der Waals surface area contributed by atoms with Crippen molar-refractivity contribution in [3.05, 3.63) is 52.3 Å². The molecule has 0 aromatic heterocycles. The molecule has 1 N–H and O–H groups in total. The molecule has 1 aliphatic rings. The molecule has 0 saturated carbocycles. The van der Waals surface area contributed by atoms with Crippen molar-refractivity contribution in [2.45, 2.75) is 32.8 Å². The first-order chi connectivity index (χ1) is 12.3. The summed E-state index contributed by atoms with van der Waals surface area (Å²) in [5.41, 5.74) is 5.40. The number of hydrogen-bond donors (Lipinski definition) is 1. The van der Waals surface area contributed by atoms with Crippen LogP contribution in [0.2, 0.25) is 0 Å². The van der Waals surface area contributed by atoms with Gasteiger partial charge in [-0.15, -0.1) is 0 Å². The van der Waals surface area contributed by atoms with Crippen molar-refractivity contribution < 1.29 is 22.7 Å². The third kappa shape index (κ3) is 3.91. The first-order valence-corrected chi connectivity index (χ1v) is 10.7. The fourth-order valence-electron chi connectivity index (χ4n) is 3.38. The Balaban J connectivity index is 1.84. The Bertz CT molecular complexity index is 935. The Morgan fingerprint density at radius 2 is 1.92 bits per heavy atom. The molecule has 6 heteroatoms. The maximum absolute atomic E-state index is 14.1. The Hall–Kier alpha value is -1.92. The van der Waals surface area contributed by atoms with Crippen LogP contribution in [0.25, 0.3) is 11.1 Å². The van der Waals surface area contributed by atoms with E-state index in [1.165, 1.54) is 17.9 Å². The van der Waals surface area contributed by atoms with E-state index in [1.807, 2.05) is 19.1 Å². The van der Waals surface area contributed by atoms with Crippen molar-refractivity contribution in [3.63, 3.8) is 0 Å². The lowest BCUT2D eigenvalue weighted by Gasteiger charge is -2.28. The number of sulfone groups is 1. The van der Waals surface area contributed by atoms with Gasteiger partial charge in [-0.25, -0.2) is 12.8 Å².